The summed E-state index contributed by atoms with van der Waals surface area (Å²) in [5, 5.41) is 0. The van der Waals surface area contributed by atoms with Gasteiger partial charge in [0.1, 0.15) is 0 Å². The van der Waals surface area contributed by atoms with Crippen LogP contribution in [0.4, 0.5) is 0 Å². The molecule has 0 aromatic heterocycles. The number of hydrogen-bond donors (Lipinski definition) is 4. The Hall–Kier alpha value is 0.589. The molecule has 5 nitrogen and oxygen atoms in total. The van der Waals surface area contributed by atoms with E-state index in [4.69, 9.17) is 23.4 Å². The van der Waals surface area contributed by atoms with Gasteiger partial charge in [0, 0.05) is 0 Å². The summed E-state index contributed by atoms with van der Waals surface area (Å²) in [6, 6.07) is 0. The second-order valence-corrected chi connectivity index (χ2v) is 1.54. The standard InChI is InChI=1S/Mn.H3O4P.H2O/c;1-5(2,3)4;/h;(H3,1,2,3,4);1H2/q+1;;/p-1. The Morgan fingerprint density at radius 3 is 1.14 bits per heavy atom. The van der Waals surface area contributed by atoms with Crippen molar-refractivity contribution in [3.8, 4) is 0 Å². The molecule has 4 N–H and O–H groups in total. The zero-order valence-corrected chi connectivity index (χ0v) is 5.10. The van der Waals surface area contributed by atoms with Crippen LogP contribution < -0.4 is 0 Å². The Morgan fingerprint density at radius 1 is 1.14 bits per heavy atom. The van der Waals surface area contributed by atoms with E-state index >= 15 is 0 Å². The van der Waals surface area contributed by atoms with E-state index in [-0.39, 0.29) is 0 Å². The fraction of sp³-hybridized carbons (Fsp3) is 0. The summed E-state index contributed by atoms with van der Waals surface area (Å²) in [5.41, 5.74) is 0. The van der Waals surface area contributed by atoms with Crippen molar-refractivity contribution in [2.45, 2.75) is 0 Å². The molecular formula is H4MnO5P. The molecule has 0 aromatic rings. The molecule has 0 aromatic carbocycles. The first-order chi connectivity index (χ1) is 3.00. The van der Waals surface area contributed by atoms with Gasteiger partial charge >= 0.3 is 28.4 Å². The number of rotatable bonds is 0. The Morgan fingerprint density at radius 2 is 1.14 bits per heavy atom. The predicted octanol–water partition coefficient (Wildman–Crippen LogP) is -1.49. The molecule has 7 heavy (non-hydrogen) atoms. The Kier molecular flexibility index (Phi) is 7.14. The average Bonchev–Trinajstić information content (AvgIpc) is 1.36. The van der Waals surface area contributed by atoms with Crippen LogP contribution in [0, 0.1) is 0 Å². The first kappa shape index (κ1) is 10.5. The van der Waals surface area contributed by atoms with Crippen molar-refractivity contribution in [2.75, 3.05) is 0 Å². The van der Waals surface area contributed by atoms with Gasteiger partial charge in [-0.3, -0.25) is 0 Å². The maximum atomic E-state index is 8.88. The minimum absolute atomic E-state index is 1.94. The van der Waals surface area contributed by atoms with Gasteiger partial charge in [0.15, 0.2) is 0 Å². The molecular weight excluding hydrogens is 166 g/mol. The predicted molar refractivity (Wildman–Crippen MR) is 16.5 cm³/mol. The molecule has 0 heterocycles. The van der Waals surface area contributed by atoms with Crippen LogP contribution in [-0.4, -0.2) is 18.9 Å². The monoisotopic (exact) mass is 170 g/mol. The van der Waals surface area contributed by atoms with E-state index in [0.717, 1.165) is 0 Å². The van der Waals surface area contributed by atoms with Gasteiger partial charge < -0.3 is 14.7 Å². The van der Waals surface area contributed by atoms with E-state index in [1.54, 1.807) is 0 Å². The van der Waals surface area contributed by atoms with E-state index in [9.17, 15) is 0 Å². The van der Waals surface area contributed by atoms with E-state index in [0.29, 0.717) is 0 Å². The van der Waals surface area contributed by atoms with Crippen LogP contribution in [0.2, 0.25) is 0 Å². The molecule has 0 rings (SSSR count). The SMILES string of the molecule is O=P(O)(O)O.[OH][Mn]. The van der Waals surface area contributed by atoms with Crippen molar-refractivity contribution in [1.29, 1.82) is 0 Å². The maximum absolute atomic E-state index is 8.88. The third kappa shape index (κ3) is 399. The van der Waals surface area contributed by atoms with Gasteiger partial charge in [-0.2, -0.15) is 0 Å². The summed E-state index contributed by atoms with van der Waals surface area (Å²) in [6.07, 6.45) is 0. The third-order valence-corrected chi connectivity index (χ3v) is 0. The topological polar surface area (TPSA) is 98.0 Å². The molecule has 0 unspecified atom stereocenters. The van der Waals surface area contributed by atoms with Gasteiger partial charge in [0.2, 0.25) is 0 Å². The summed E-state index contributed by atoms with van der Waals surface area (Å²) < 4.78 is 15.7. The fourth-order valence-corrected chi connectivity index (χ4v) is 0. The molecule has 0 spiro atoms. The van der Waals surface area contributed by atoms with Gasteiger partial charge in [-0.05, 0) is 0 Å². The molecule has 0 aliphatic carbocycles. The molecule has 0 radical (unpaired) electrons. The molecule has 0 bridgehead atoms. The van der Waals surface area contributed by atoms with E-state index in [2.05, 4.69) is 0 Å². The van der Waals surface area contributed by atoms with Gasteiger partial charge in [-0.15, -0.1) is 0 Å². The van der Waals surface area contributed by atoms with Gasteiger partial charge in [-0.1, -0.05) is 0 Å². The number of phosphoric acid groups is 1. The van der Waals surface area contributed by atoms with Crippen LogP contribution in [0.5, 0.6) is 0 Å². The molecule has 0 fully saturated rings. The van der Waals surface area contributed by atoms with Crippen molar-refractivity contribution >= 4 is 7.82 Å². The van der Waals surface area contributed by atoms with Crippen LogP contribution in [0.1, 0.15) is 0 Å². The van der Waals surface area contributed by atoms with E-state index < -0.39 is 7.82 Å². The zero-order chi connectivity index (χ0) is 6.50. The van der Waals surface area contributed by atoms with Crippen molar-refractivity contribution in [3.05, 3.63) is 0 Å². The van der Waals surface area contributed by atoms with Crippen molar-refractivity contribution in [2.24, 2.45) is 0 Å². The van der Waals surface area contributed by atoms with E-state index in [1.165, 1.54) is 0 Å². The summed E-state index contributed by atoms with van der Waals surface area (Å²) in [7, 11) is -4.64. The summed E-state index contributed by atoms with van der Waals surface area (Å²) in [4.78, 5) is 21.6. The molecule has 46 valence electrons. The van der Waals surface area contributed by atoms with Crippen LogP contribution >= 0.6 is 7.82 Å². The minimum atomic E-state index is -4.64. The van der Waals surface area contributed by atoms with Gasteiger partial charge in [0.25, 0.3) is 0 Å². The quantitative estimate of drug-likeness (QED) is 0.262. The number of hydrogen-bond acceptors (Lipinski definition) is 2. The fourth-order valence-electron chi connectivity index (χ4n) is 0. The van der Waals surface area contributed by atoms with Crippen LogP contribution in [0.15, 0.2) is 0 Å². The second-order valence-electron chi connectivity index (χ2n) is 0.513. The first-order valence-electron chi connectivity index (χ1n) is 0.952. The molecule has 7 heteroatoms. The first-order valence-corrected chi connectivity index (χ1v) is 3.04. The van der Waals surface area contributed by atoms with E-state index in [1.807, 2.05) is 16.3 Å². The normalized spacial score (nSPS) is 9.29. The molecule has 0 aliphatic rings. The van der Waals surface area contributed by atoms with Crippen LogP contribution in [-0.2, 0) is 20.9 Å². The van der Waals surface area contributed by atoms with Gasteiger partial charge in [0.05, 0.1) is 0 Å². The summed E-state index contributed by atoms with van der Waals surface area (Å²) >= 11 is 1.94. The van der Waals surface area contributed by atoms with Crippen molar-refractivity contribution in [1.82, 2.24) is 0 Å². The summed E-state index contributed by atoms with van der Waals surface area (Å²) in [6.45, 7) is 0. The van der Waals surface area contributed by atoms with Gasteiger partial charge in [-0.25, -0.2) is 4.57 Å². The second kappa shape index (κ2) is 4.74. The van der Waals surface area contributed by atoms with Crippen molar-refractivity contribution in [3.63, 3.8) is 0 Å². The van der Waals surface area contributed by atoms with Crippen molar-refractivity contribution < 1.29 is 39.8 Å². The Bertz CT molecular complexity index is 54.2. The molecule has 0 saturated carbocycles. The molecule has 0 atom stereocenters. The molecule has 0 amide bonds. The zero-order valence-electron chi connectivity index (χ0n) is 3.02. The molecule has 0 aliphatic heterocycles. The molecule has 0 saturated heterocycles. The Labute approximate surface area is 48.4 Å². The average molecular weight is 170 g/mol. The van der Waals surface area contributed by atoms with Crippen LogP contribution in [0.25, 0.3) is 0 Å². The van der Waals surface area contributed by atoms with Crippen LogP contribution in [0.3, 0.4) is 0 Å². The Balaban J connectivity index is 0. The summed E-state index contributed by atoms with van der Waals surface area (Å²) in [5.74, 6) is 0. The third-order valence-electron chi connectivity index (χ3n) is 0.